The maximum absolute atomic E-state index is 14.2. The summed E-state index contributed by atoms with van der Waals surface area (Å²) in [4.78, 5) is 12.1. The second-order valence-corrected chi connectivity index (χ2v) is 8.90. The Kier molecular flexibility index (Phi) is 4.54. The summed E-state index contributed by atoms with van der Waals surface area (Å²) in [6.07, 6.45) is -4.53. The van der Waals surface area contributed by atoms with Crippen molar-refractivity contribution in [3.63, 3.8) is 0 Å². The van der Waals surface area contributed by atoms with E-state index in [1.165, 1.54) is 0 Å². The van der Waals surface area contributed by atoms with Gasteiger partial charge in [-0.15, -0.1) is 0 Å². The lowest BCUT2D eigenvalue weighted by Crippen LogP contribution is -2.44. The number of nitrogens with zero attached hydrogens (tertiary/aromatic N) is 1. The summed E-state index contributed by atoms with van der Waals surface area (Å²) in [7, 11) is 0. The van der Waals surface area contributed by atoms with Gasteiger partial charge < -0.3 is 0 Å². The largest absolute Gasteiger partial charge is 0.409 e. The van der Waals surface area contributed by atoms with Crippen LogP contribution in [0.2, 0.25) is 0 Å². The molecule has 0 bridgehead atoms. The van der Waals surface area contributed by atoms with Gasteiger partial charge in [0.15, 0.2) is 0 Å². The zero-order valence-corrected chi connectivity index (χ0v) is 16.2. The monoisotopic (exact) mass is 378 g/mol. The van der Waals surface area contributed by atoms with Crippen LogP contribution in [-0.2, 0) is 10.2 Å². The van der Waals surface area contributed by atoms with E-state index < -0.39 is 29.0 Å². The van der Waals surface area contributed by atoms with E-state index in [9.17, 15) is 18.0 Å². The van der Waals surface area contributed by atoms with Crippen molar-refractivity contribution in [3.8, 4) is 0 Å². The Balaban J connectivity index is 2.25. The predicted molar refractivity (Wildman–Crippen MR) is 100 cm³/mol. The average Bonchev–Trinajstić information content (AvgIpc) is 2.77. The van der Waals surface area contributed by atoms with Crippen LogP contribution in [0.3, 0.4) is 0 Å². The van der Waals surface area contributed by atoms with Crippen molar-refractivity contribution in [2.75, 3.05) is 6.54 Å². The molecule has 0 spiro atoms. The molecule has 1 atom stereocenters. The van der Waals surface area contributed by atoms with E-state index in [4.69, 9.17) is 0 Å². The molecule has 2 aromatic rings. The molecule has 6 heteroatoms. The van der Waals surface area contributed by atoms with Gasteiger partial charge in [0, 0.05) is 6.54 Å². The normalized spacial score (nSPS) is 19.3. The quantitative estimate of drug-likeness (QED) is 0.787. The molecule has 0 unspecified atom stereocenters. The number of rotatable bonds is 2. The van der Waals surface area contributed by atoms with E-state index in [0.29, 0.717) is 5.56 Å². The number of hydrazine groups is 1. The predicted octanol–water partition coefficient (Wildman–Crippen LogP) is 5.11. The molecule has 3 nitrogen and oxygen atoms in total. The first-order valence-electron chi connectivity index (χ1n) is 8.99. The average molecular weight is 378 g/mol. The van der Waals surface area contributed by atoms with Gasteiger partial charge in [0.2, 0.25) is 5.91 Å². The second-order valence-electron chi connectivity index (χ2n) is 8.90. The molecule has 1 amide bonds. The zero-order valence-electron chi connectivity index (χ0n) is 16.2. The Morgan fingerprint density at radius 2 is 1.70 bits per heavy atom. The van der Waals surface area contributed by atoms with Crippen LogP contribution in [0.25, 0.3) is 10.8 Å². The maximum atomic E-state index is 14.2. The smallest absolute Gasteiger partial charge is 0.287 e. The van der Waals surface area contributed by atoms with Crippen LogP contribution >= 0.6 is 0 Å². The third kappa shape index (κ3) is 3.55. The van der Waals surface area contributed by atoms with E-state index >= 15 is 0 Å². The molecule has 1 aliphatic heterocycles. The number of alkyl halides is 3. The molecule has 1 N–H and O–H groups in total. The standard InChI is InChI=1S/C21H25F3N2O/c1-19(2,3)16-14-9-7-6-8-13(14)10-11-15(16)17(21(22,23)24)26-12-20(4,5)18(27)25-26/h6-11,17H,12H2,1-5H3,(H,25,27)/t17-/m0/s1. The van der Waals surface area contributed by atoms with E-state index in [-0.39, 0.29) is 12.1 Å². The van der Waals surface area contributed by atoms with Crippen LogP contribution in [0.1, 0.15) is 51.8 Å². The lowest BCUT2D eigenvalue weighted by Gasteiger charge is -2.34. The topological polar surface area (TPSA) is 32.3 Å². The van der Waals surface area contributed by atoms with Crippen molar-refractivity contribution < 1.29 is 18.0 Å². The van der Waals surface area contributed by atoms with Crippen LogP contribution in [0, 0.1) is 5.41 Å². The number of carbonyl (C=O) groups excluding carboxylic acids is 1. The van der Waals surface area contributed by atoms with Gasteiger partial charge >= 0.3 is 6.18 Å². The molecule has 2 aromatic carbocycles. The zero-order chi connectivity index (χ0) is 20.2. The highest BCUT2D eigenvalue weighted by atomic mass is 19.4. The van der Waals surface area contributed by atoms with Gasteiger partial charge in [0.1, 0.15) is 6.04 Å². The van der Waals surface area contributed by atoms with Gasteiger partial charge in [0.25, 0.3) is 0 Å². The Morgan fingerprint density at radius 1 is 1.07 bits per heavy atom. The van der Waals surface area contributed by atoms with Crippen molar-refractivity contribution in [3.05, 3.63) is 47.5 Å². The fraction of sp³-hybridized carbons (Fsp3) is 0.476. The van der Waals surface area contributed by atoms with Crippen molar-refractivity contribution in [1.82, 2.24) is 10.4 Å². The first kappa shape index (κ1) is 19.7. The highest BCUT2D eigenvalue weighted by molar-refractivity contribution is 5.88. The number of carbonyl (C=O) groups is 1. The van der Waals surface area contributed by atoms with E-state index in [0.717, 1.165) is 15.8 Å². The summed E-state index contributed by atoms with van der Waals surface area (Å²) in [6.45, 7) is 9.04. The van der Waals surface area contributed by atoms with Gasteiger partial charge in [-0.3, -0.25) is 10.2 Å². The summed E-state index contributed by atoms with van der Waals surface area (Å²) in [5, 5.41) is 2.75. The minimum Gasteiger partial charge on any atom is -0.287 e. The molecule has 1 fully saturated rings. The fourth-order valence-corrected chi connectivity index (χ4v) is 3.85. The molecule has 0 aromatic heterocycles. The van der Waals surface area contributed by atoms with Crippen LogP contribution in [0.5, 0.6) is 0 Å². The molecule has 0 radical (unpaired) electrons. The molecule has 146 valence electrons. The first-order valence-corrected chi connectivity index (χ1v) is 8.99. The Bertz CT molecular complexity index is 881. The van der Waals surface area contributed by atoms with Gasteiger partial charge in [-0.05, 0) is 41.2 Å². The van der Waals surface area contributed by atoms with Crippen LogP contribution in [0.15, 0.2) is 36.4 Å². The lowest BCUT2D eigenvalue weighted by molar-refractivity contribution is -0.191. The number of nitrogens with one attached hydrogen (secondary N) is 1. The van der Waals surface area contributed by atoms with E-state index in [1.807, 2.05) is 45.0 Å². The Morgan fingerprint density at radius 3 is 2.22 bits per heavy atom. The SMILES string of the molecule is CC1(C)CN([C@@H](c2ccc3ccccc3c2C(C)(C)C)C(F)(F)F)NC1=O. The molecule has 1 heterocycles. The number of hydrogen-bond donors (Lipinski definition) is 1. The lowest BCUT2D eigenvalue weighted by atomic mass is 9.78. The number of hydrogen-bond acceptors (Lipinski definition) is 2. The van der Waals surface area contributed by atoms with Crippen LogP contribution in [-0.4, -0.2) is 23.6 Å². The summed E-state index contributed by atoms with van der Waals surface area (Å²) in [5.74, 6) is -0.394. The minimum absolute atomic E-state index is 0.00752. The molecule has 3 rings (SSSR count). The number of amides is 1. The van der Waals surface area contributed by atoms with Crippen molar-refractivity contribution >= 4 is 16.7 Å². The van der Waals surface area contributed by atoms with Gasteiger partial charge in [-0.2, -0.15) is 13.2 Å². The number of fused-ring (bicyclic) bond motifs is 1. The minimum atomic E-state index is -4.53. The highest BCUT2D eigenvalue weighted by Gasteiger charge is 2.52. The van der Waals surface area contributed by atoms with Crippen molar-refractivity contribution in [1.29, 1.82) is 0 Å². The molecule has 0 saturated carbocycles. The Labute approximate surface area is 157 Å². The molecule has 1 saturated heterocycles. The summed E-state index contributed by atoms with van der Waals surface area (Å²) < 4.78 is 42.6. The van der Waals surface area contributed by atoms with E-state index in [1.54, 1.807) is 26.0 Å². The highest BCUT2D eigenvalue weighted by Crippen LogP contribution is 2.45. The van der Waals surface area contributed by atoms with E-state index in [2.05, 4.69) is 5.43 Å². The molecule has 0 aliphatic carbocycles. The summed E-state index contributed by atoms with van der Waals surface area (Å²) >= 11 is 0. The fourth-order valence-electron chi connectivity index (χ4n) is 3.85. The van der Waals surface area contributed by atoms with Gasteiger partial charge in [-0.25, -0.2) is 5.01 Å². The number of halogens is 3. The third-order valence-electron chi connectivity index (χ3n) is 5.05. The van der Waals surface area contributed by atoms with Crippen LogP contribution in [0.4, 0.5) is 13.2 Å². The third-order valence-corrected chi connectivity index (χ3v) is 5.05. The molecule has 1 aliphatic rings. The second kappa shape index (κ2) is 6.23. The Hall–Kier alpha value is -2.08. The van der Waals surface area contributed by atoms with Crippen molar-refractivity contribution in [2.45, 2.75) is 52.3 Å². The maximum Gasteiger partial charge on any atom is 0.409 e. The molecular formula is C21H25F3N2O. The van der Waals surface area contributed by atoms with Crippen LogP contribution < -0.4 is 5.43 Å². The summed E-state index contributed by atoms with van der Waals surface area (Å²) in [6, 6.07) is 8.85. The van der Waals surface area contributed by atoms with Gasteiger partial charge in [-0.1, -0.05) is 57.2 Å². The molecular weight excluding hydrogens is 353 g/mol. The summed E-state index contributed by atoms with van der Waals surface area (Å²) in [5.41, 5.74) is 1.92. The molecule has 27 heavy (non-hydrogen) atoms. The van der Waals surface area contributed by atoms with Gasteiger partial charge in [0.05, 0.1) is 5.41 Å². The first-order chi connectivity index (χ1) is 12.3. The number of benzene rings is 2. The van der Waals surface area contributed by atoms with Crippen molar-refractivity contribution in [2.24, 2.45) is 5.41 Å².